The summed E-state index contributed by atoms with van der Waals surface area (Å²) in [5.74, 6) is 0. The smallest absolute Gasteiger partial charge is 0.101 e. The summed E-state index contributed by atoms with van der Waals surface area (Å²) < 4.78 is 0. The van der Waals surface area contributed by atoms with Crippen LogP contribution in [0.25, 0.3) is 24.3 Å². The molecule has 24 heavy (non-hydrogen) atoms. The molecule has 0 fully saturated rings. The van der Waals surface area contributed by atoms with Gasteiger partial charge in [-0.05, 0) is 52.2 Å². The highest BCUT2D eigenvalue weighted by Crippen LogP contribution is 2.21. The molecule has 0 amide bonds. The highest BCUT2D eigenvalue weighted by molar-refractivity contribution is 7.11. The molecule has 0 radical (unpaired) electrons. The van der Waals surface area contributed by atoms with E-state index in [1.54, 1.807) is 22.7 Å². The zero-order chi connectivity index (χ0) is 16.8. The first-order chi connectivity index (χ1) is 11.8. The van der Waals surface area contributed by atoms with E-state index in [2.05, 4.69) is 18.2 Å². The van der Waals surface area contributed by atoms with E-state index in [0.717, 1.165) is 20.9 Å². The van der Waals surface area contributed by atoms with Crippen LogP contribution in [-0.4, -0.2) is 0 Å². The lowest BCUT2D eigenvalue weighted by Gasteiger charge is -1.97. The van der Waals surface area contributed by atoms with E-state index >= 15 is 0 Å². The van der Waals surface area contributed by atoms with E-state index in [1.165, 1.54) is 0 Å². The van der Waals surface area contributed by atoms with Crippen LogP contribution in [0.4, 0.5) is 0 Å². The number of nitrogens with zero attached hydrogens (tertiary/aromatic N) is 2. The molecule has 0 aliphatic rings. The predicted octanol–water partition coefficient (Wildman–Crippen LogP) is 5.89. The highest BCUT2D eigenvalue weighted by Gasteiger charge is 2.00. The largest absolute Gasteiger partial charge is 0.192 e. The molecule has 2 nitrogen and oxygen atoms in total. The average Bonchev–Trinajstić information content (AvgIpc) is 3.26. The van der Waals surface area contributed by atoms with Crippen molar-refractivity contribution in [1.82, 2.24) is 0 Å². The fourth-order valence-electron chi connectivity index (χ4n) is 2.19. The summed E-state index contributed by atoms with van der Waals surface area (Å²) in [6.45, 7) is 0. The summed E-state index contributed by atoms with van der Waals surface area (Å²) in [5, 5.41) is 21.9. The monoisotopic (exact) mass is 344 g/mol. The Bertz CT molecular complexity index is 914. The van der Waals surface area contributed by atoms with Gasteiger partial charge in [-0.2, -0.15) is 10.5 Å². The molecule has 1 aromatic carbocycles. The molecule has 0 spiro atoms. The fourth-order valence-corrected chi connectivity index (χ4v) is 3.67. The molecule has 3 aromatic rings. The lowest BCUT2D eigenvalue weighted by molar-refractivity contribution is 1.50. The molecular formula is C20H12N2S2. The van der Waals surface area contributed by atoms with Crippen LogP contribution < -0.4 is 0 Å². The molecule has 0 aliphatic heterocycles. The molecule has 2 heterocycles. The fraction of sp³-hybridized carbons (Fsp3) is 0. The lowest BCUT2D eigenvalue weighted by Crippen LogP contribution is -1.77. The van der Waals surface area contributed by atoms with Crippen LogP contribution in [0.3, 0.4) is 0 Å². The van der Waals surface area contributed by atoms with Crippen molar-refractivity contribution in [2.24, 2.45) is 0 Å². The Labute approximate surface area is 148 Å². The Morgan fingerprint density at radius 3 is 1.67 bits per heavy atom. The average molecular weight is 344 g/mol. The van der Waals surface area contributed by atoms with Crippen molar-refractivity contribution >= 4 is 47.0 Å². The van der Waals surface area contributed by atoms with Gasteiger partial charge in [0.2, 0.25) is 0 Å². The topological polar surface area (TPSA) is 47.6 Å². The second kappa shape index (κ2) is 7.57. The maximum atomic E-state index is 9.04. The van der Waals surface area contributed by atoms with Crippen LogP contribution in [-0.2, 0) is 0 Å². The SMILES string of the molecule is N#Cc1ccsc1/C=C/c1cccc(/C=C/c2sccc2C#N)c1. The summed E-state index contributed by atoms with van der Waals surface area (Å²) in [7, 11) is 0. The van der Waals surface area contributed by atoms with E-state index in [0.29, 0.717) is 11.1 Å². The van der Waals surface area contributed by atoms with Gasteiger partial charge in [0, 0.05) is 9.75 Å². The molecule has 0 saturated heterocycles. The van der Waals surface area contributed by atoms with Crippen LogP contribution in [0.5, 0.6) is 0 Å². The van der Waals surface area contributed by atoms with Gasteiger partial charge in [0.1, 0.15) is 12.1 Å². The van der Waals surface area contributed by atoms with Gasteiger partial charge in [-0.1, -0.05) is 30.4 Å². The molecule has 0 saturated carbocycles. The number of thiophene rings is 2. The molecule has 0 atom stereocenters. The Balaban J connectivity index is 1.80. The van der Waals surface area contributed by atoms with Crippen molar-refractivity contribution in [2.75, 3.05) is 0 Å². The number of nitriles is 2. The Morgan fingerprint density at radius 1 is 0.708 bits per heavy atom. The minimum absolute atomic E-state index is 0.703. The van der Waals surface area contributed by atoms with Crippen LogP contribution in [0.2, 0.25) is 0 Å². The van der Waals surface area contributed by atoms with Gasteiger partial charge >= 0.3 is 0 Å². The number of hydrogen-bond acceptors (Lipinski definition) is 4. The van der Waals surface area contributed by atoms with Gasteiger partial charge in [0.05, 0.1) is 11.1 Å². The molecule has 0 N–H and O–H groups in total. The minimum Gasteiger partial charge on any atom is -0.192 e. The zero-order valence-corrected chi connectivity index (χ0v) is 14.3. The van der Waals surface area contributed by atoms with Crippen molar-refractivity contribution in [3.63, 3.8) is 0 Å². The van der Waals surface area contributed by atoms with Crippen LogP contribution in [0.1, 0.15) is 32.0 Å². The highest BCUT2D eigenvalue weighted by atomic mass is 32.1. The third kappa shape index (κ3) is 3.70. The number of hydrogen-bond donors (Lipinski definition) is 0. The van der Waals surface area contributed by atoms with Crippen molar-refractivity contribution in [2.45, 2.75) is 0 Å². The van der Waals surface area contributed by atoms with E-state index in [4.69, 9.17) is 10.5 Å². The van der Waals surface area contributed by atoms with Gasteiger partial charge in [-0.15, -0.1) is 22.7 Å². The van der Waals surface area contributed by atoms with Crippen molar-refractivity contribution in [3.8, 4) is 12.1 Å². The first kappa shape index (κ1) is 16.0. The molecule has 114 valence electrons. The van der Waals surface area contributed by atoms with Gasteiger partial charge < -0.3 is 0 Å². The maximum absolute atomic E-state index is 9.04. The summed E-state index contributed by atoms with van der Waals surface area (Å²) in [4.78, 5) is 1.94. The predicted molar refractivity (Wildman–Crippen MR) is 102 cm³/mol. The minimum atomic E-state index is 0.703. The van der Waals surface area contributed by atoms with Crippen LogP contribution in [0.15, 0.2) is 47.2 Å². The molecule has 4 heteroatoms. The second-order valence-electron chi connectivity index (χ2n) is 4.96. The van der Waals surface area contributed by atoms with E-state index in [1.807, 2.05) is 65.4 Å². The third-order valence-corrected chi connectivity index (χ3v) is 5.16. The van der Waals surface area contributed by atoms with E-state index in [9.17, 15) is 0 Å². The van der Waals surface area contributed by atoms with Crippen LogP contribution in [0, 0.1) is 22.7 Å². The second-order valence-corrected chi connectivity index (χ2v) is 6.85. The normalized spacial score (nSPS) is 10.9. The molecule has 3 rings (SSSR count). The standard InChI is InChI=1S/C20H12N2S2/c21-13-17-8-10-23-19(17)6-4-15-2-1-3-16(12-15)5-7-20-18(14-22)9-11-24-20/h1-12H/b6-4+,7-5+. The van der Waals surface area contributed by atoms with Crippen molar-refractivity contribution < 1.29 is 0 Å². The summed E-state index contributed by atoms with van der Waals surface area (Å²) >= 11 is 3.12. The van der Waals surface area contributed by atoms with Crippen molar-refractivity contribution in [3.05, 3.63) is 79.2 Å². The molecular weight excluding hydrogens is 332 g/mol. The number of rotatable bonds is 4. The molecule has 0 aliphatic carbocycles. The lowest BCUT2D eigenvalue weighted by atomic mass is 10.1. The van der Waals surface area contributed by atoms with Gasteiger partial charge in [-0.3, -0.25) is 0 Å². The Kier molecular flexibility index (Phi) is 5.03. The first-order valence-corrected chi connectivity index (χ1v) is 8.97. The Morgan fingerprint density at radius 2 is 1.21 bits per heavy atom. The summed E-state index contributed by atoms with van der Waals surface area (Å²) in [6.07, 6.45) is 7.96. The summed E-state index contributed by atoms with van der Waals surface area (Å²) in [5.41, 5.74) is 3.55. The van der Waals surface area contributed by atoms with Crippen molar-refractivity contribution in [1.29, 1.82) is 10.5 Å². The van der Waals surface area contributed by atoms with Gasteiger partial charge in [-0.25, -0.2) is 0 Å². The first-order valence-electron chi connectivity index (χ1n) is 7.21. The Hall–Kier alpha value is -2.92. The summed E-state index contributed by atoms with van der Waals surface area (Å²) in [6, 6.07) is 16.2. The quantitative estimate of drug-likeness (QED) is 0.592. The van der Waals surface area contributed by atoms with Crippen LogP contribution >= 0.6 is 22.7 Å². The third-order valence-electron chi connectivity index (χ3n) is 3.40. The molecule has 0 bridgehead atoms. The zero-order valence-electron chi connectivity index (χ0n) is 12.6. The van der Waals surface area contributed by atoms with Gasteiger partial charge in [0.25, 0.3) is 0 Å². The van der Waals surface area contributed by atoms with Gasteiger partial charge in [0.15, 0.2) is 0 Å². The van der Waals surface area contributed by atoms with E-state index in [-0.39, 0.29) is 0 Å². The maximum Gasteiger partial charge on any atom is 0.101 e. The molecule has 2 aromatic heterocycles. The number of benzene rings is 1. The van der Waals surface area contributed by atoms with E-state index < -0.39 is 0 Å². The molecule has 0 unspecified atom stereocenters.